The fourth-order valence-electron chi connectivity index (χ4n) is 2.30. The van der Waals surface area contributed by atoms with E-state index in [4.69, 9.17) is 27.9 Å². The summed E-state index contributed by atoms with van der Waals surface area (Å²) >= 11 is 11.7. The molecule has 1 aromatic rings. The average molecular weight is 324 g/mol. The molecule has 1 atom stereocenters. The summed E-state index contributed by atoms with van der Waals surface area (Å²) in [4.78, 5) is 0.132. The zero-order valence-corrected chi connectivity index (χ0v) is 12.8. The summed E-state index contributed by atoms with van der Waals surface area (Å²) in [6.07, 6.45) is 1.64. The van der Waals surface area contributed by atoms with E-state index < -0.39 is 10.0 Å². The van der Waals surface area contributed by atoms with Crippen LogP contribution in [-0.4, -0.2) is 39.0 Å². The van der Waals surface area contributed by atoms with Crippen LogP contribution in [0.5, 0.6) is 0 Å². The van der Waals surface area contributed by atoms with Crippen LogP contribution in [0, 0.1) is 0 Å². The number of ether oxygens (including phenoxy) is 1. The zero-order valence-electron chi connectivity index (χ0n) is 10.5. The first kappa shape index (κ1) is 15.1. The lowest BCUT2D eigenvalue weighted by atomic mass is 10.2. The van der Waals surface area contributed by atoms with Crippen molar-refractivity contribution in [2.24, 2.45) is 0 Å². The molecule has 19 heavy (non-hydrogen) atoms. The van der Waals surface area contributed by atoms with Crippen molar-refractivity contribution in [1.82, 2.24) is 4.31 Å². The maximum atomic E-state index is 12.6. The molecule has 106 valence electrons. The smallest absolute Gasteiger partial charge is 0.243 e. The summed E-state index contributed by atoms with van der Waals surface area (Å²) in [5.74, 6) is 0. The van der Waals surface area contributed by atoms with Gasteiger partial charge in [-0.15, -0.1) is 0 Å². The normalized spacial score (nSPS) is 20.9. The number of halogens is 2. The van der Waals surface area contributed by atoms with Crippen LogP contribution in [0.25, 0.3) is 0 Å². The molecule has 1 aromatic carbocycles. The second-order valence-electron chi connectivity index (χ2n) is 4.47. The number of hydrogen-bond acceptors (Lipinski definition) is 3. The molecule has 0 saturated carbocycles. The van der Waals surface area contributed by atoms with Crippen LogP contribution in [0.1, 0.15) is 12.8 Å². The van der Waals surface area contributed by atoms with Gasteiger partial charge in [0.2, 0.25) is 10.0 Å². The molecular formula is C12H15Cl2NO3S. The highest BCUT2D eigenvalue weighted by atomic mass is 35.5. The first-order chi connectivity index (χ1) is 8.95. The third-order valence-corrected chi connectivity index (χ3v) is 5.49. The van der Waals surface area contributed by atoms with Gasteiger partial charge in [-0.2, -0.15) is 4.31 Å². The molecule has 2 rings (SSSR count). The van der Waals surface area contributed by atoms with Crippen molar-refractivity contribution in [2.75, 3.05) is 20.3 Å². The molecule has 0 bridgehead atoms. The van der Waals surface area contributed by atoms with Crippen LogP contribution in [0.3, 0.4) is 0 Å². The predicted octanol–water partition coefficient (Wildman–Crippen LogP) is 2.79. The molecule has 1 saturated heterocycles. The van der Waals surface area contributed by atoms with E-state index in [1.807, 2.05) is 0 Å². The number of sulfonamides is 1. The van der Waals surface area contributed by atoms with Gasteiger partial charge in [0, 0.05) is 29.7 Å². The minimum atomic E-state index is -3.57. The highest BCUT2D eigenvalue weighted by Gasteiger charge is 2.35. The van der Waals surface area contributed by atoms with E-state index in [-0.39, 0.29) is 10.9 Å². The molecule has 1 fully saturated rings. The molecule has 1 aliphatic heterocycles. The van der Waals surface area contributed by atoms with Crippen molar-refractivity contribution >= 4 is 33.2 Å². The van der Waals surface area contributed by atoms with Crippen molar-refractivity contribution in [3.8, 4) is 0 Å². The average Bonchev–Trinajstić information content (AvgIpc) is 2.77. The number of methoxy groups -OCH3 is 1. The fourth-order valence-corrected chi connectivity index (χ4v) is 4.70. The number of nitrogens with zero attached hydrogens (tertiary/aromatic N) is 1. The van der Waals surface area contributed by atoms with Crippen LogP contribution in [0.4, 0.5) is 0 Å². The molecule has 1 heterocycles. The third-order valence-electron chi connectivity index (χ3n) is 3.12. The van der Waals surface area contributed by atoms with Gasteiger partial charge in [0.05, 0.1) is 11.5 Å². The fraction of sp³-hybridized carbons (Fsp3) is 0.500. The van der Waals surface area contributed by atoms with Gasteiger partial charge < -0.3 is 4.74 Å². The summed E-state index contributed by atoms with van der Waals surface area (Å²) in [6.45, 7) is 0.897. The van der Waals surface area contributed by atoms with Gasteiger partial charge in [-0.1, -0.05) is 23.2 Å². The second kappa shape index (κ2) is 5.97. The zero-order chi connectivity index (χ0) is 14.0. The van der Waals surface area contributed by atoms with Crippen molar-refractivity contribution in [1.29, 1.82) is 0 Å². The van der Waals surface area contributed by atoms with Gasteiger partial charge in [0.15, 0.2) is 0 Å². The molecule has 0 radical (unpaired) electrons. The molecule has 0 amide bonds. The van der Waals surface area contributed by atoms with Gasteiger partial charge in [0.1, 0.15) is 0 Å². The largest absolute Gasteiger partial charge is 0.383 e. The summed E-state index contributed by atoms with van der Waals surface area (Å²) in [7, 11) is -2.00. The van der Waals surface area contributed by atoms with Gasteiger partial charge in [-0.05, 0) is 31.0 Å². The van der Waals surface area contributed by atoms with Gasteiger partial charge in [0.25, 0.3) is 0 Å². The predicted molar refractivity (Wildman–Crippen MR) is 75.3 cm³/mol. The molecule has 0 aromatic heterocycles. The van der Waals surface area contributed by atoms with E-state index in [1.165, 1.54) is 22.5 Å². The Morgan fingerprint density at radius 1 is 1.32 bits per heavy atom. The third kappa shape index (κ3) is 3.23. The lowest BCUT2D eigenvalue weighted by molar-refractivity contribution is 0.149. The molecule has 1 unspecified atom stereocenters. The standard InChI is InChI=1S/C12H15Cl2NO3S/c1-18-8-11-3-2-4-15(11)19(16,17)12-6-9(13)5-10(14)7-12/h5-7,11H,2-4,8H2,1H3. The molecule has 7 heteroatoms. The van der Waals surface area contributed by atoms with E-state index in [9.17, 15) is 8.42 Å². The number of benzene rings is 1. The van der Waals surface area contributed by atoms with Gasteiger partial charge >= 0.3 is 0 Å². The topological polar surface area (TPSA) is 46.6 Å². The molecule has 0 spiro atoms. The van der Waals surface area contributed by atoms with Crippen molar-refractivity contribution in [2.45, 2.75) is 23.8 Å². The van der Waals surface area contributed by atoms with Crippen LogP contribution in [-0.2, 0) is 14.8 Å². The Bertz CT molecular complexity index is 542. The van der Waals surface area contributed by atoms with Gasteiger partial charge in [-0.25, -0.2) is 8.42 Å². The van der Waals surface area contributed by atoms with Crippen molar-refractivity contribution in [3.63, 3.8) is 0 Å². The van der Waals surface area contributed by atoms with E-state index in [0.29, 0.717) is 23.2 Å². The first-order valence-corrected chi connectivity index (χ1v) is 8.11. The summed E-state index contributed by atoms with van der Waals surface area (Å²) < 4.78 is 31.7. The molecular weight excluding hydrogens is 309 g/mol. The van der Waals surface area contributed by atoms with Crippen LogP contribution in [0.2, 0.25) is 10.0 Å². The van der Waals surface area contributed by atoms with Crippen molar-refractivity contribution in [3.05, 3.63) is 28.2 Å². The van der Waals surface area contributed by atoms with E-state index in [0.717, 1.165) is 12.8 Å². The highest BCUT2D eigenvalue weighted by Crippen LogP contribution is 2.29. The Hall–Kier alpha value is -0.330. The maximum Gasteiger partial charge on any atom is 0.243 e. The van der Waals surface area contributed by atoms with E-state index in [1.54, 1.807) is 7.11 Å². The minimum Gasteiger partial charge on any atom is -0.383 e. The van der Waals surface area contributed by atoms with E-state index >= 15 is 0 Å². The minimum absolute atomic E-state index is 0.118. The first-order valence-electron chi connectivity index (χ1n) is 5.92. The summed E-state index contributed by atoms with van der Waals surface area (Å²) in [6, 6.07) is 4.24. The summed E-state index contributed by atoms with van der Waals surface area (Å²) in [5.41, 5.74) is 0. The maximum absolute atomic E-state index is 12.6. The van der Waals surface area contributed by atoms with E-state index in [2.05, 4.69) is 0 Å². The lowest BCUT2D eigenvalue weighted by Gasteiger charge is -2.23. The lowest BCUT2D eigenvalue weighted by Crippen LogP contribution is -2.38. The van der Waals surface area contributed by atoms with Crippen molar-refractivity contribution < 1.29 is 13.2 Å². The van der Waals surface area contributed by atoms with Gasteiger partial charge in [-0.3, -0.25) is 0 Å². The quantitative estimate of drug-likeness (QED) is 0.856. The SMILES string of the molecule is COCC1CCCN1S(=O)(=O)c1cc(Cl)cc(Cl)c1. The van der Waals surface area contributed by atoms with Crippen LogP contribution >= 0.6 is 23.2 Å². The Balaban J connectivity index is 2.36. The molecule has 0 N–H and O–H groups in total. The second-order valence-corrected chi connectivity index (χ2v) is 7.24. The molecule has 0 aliphatic carbocycles. The molecule has 4 nitrogen and oxygen atoms in total. The molecule has 1 aliphatic rings. The Morgan fingerprint density at radius 2 is 1.95 bits per heavy atom. The Morgan fingerprint density at radius 3 is 2.53 bits per heavy atom. The monoisotopic (exact) mass is 323 g/mol. The Labute approximate surface area is 123 Å². The highest BCUT2D eigenvalue weighted by molar-refractivity contribution is 7.89. The van der Waals surface area contributed by atoms with Crippen LogP contribution in [0.15, 0.2) is 23.1 Å². The Kier molecular flexibility index (Phi) is 4.74. The number of hydrogen-bond donors (Lipinski definition) is 0. The number of rotatable bonds is 4. The summed E-state index contributed by atoms with van der Waals surface area (Å²) in [5, 5.41) is 0.627. The van der Waals surface area contributed by atoms with Crippen LogP contribution < -0.4 is 0 Å².